The van der Waals surface area contributed by atoms with E-state index in [1.807, 2.05) is 0 Å². The summed E-state index contributed by atoms with van der Waals surface area (Å²) in [5.41, 5.74) is 3.71. The van der Waals surface area contributed by atoms with Crippen LogP contribution in [0.5, 0.6) is 0 Å². The van der Waals surface area contributed by atoms with Crippen molar-refractivity contribution in [1.82, 2.24) is 9.97 Å². The molecule has 112 valence electrons. The first-order valence-corrected chi connectivity index (χ1v) is 7.73. The Bertz CT molecular complexity index is 591. The van der Waals surface area contributed by atoms with Crippen molar-refractivity contribution in [3.8, 4) is 0 Å². The van der Waals surface area contributed by atoms with E-state index in [1.54, 1.807) is 0 Å². The van der Waals surface area contributed by atoms with Gasteiger partial charge in [-0.2, -0.15) is 0 Å². The quantitative estimate of drug-likeness (QED) is 0.870. The standard InChI is InChI=1S/C18H25N3/c1-5-19-17-12-16(10-13(2)3)20-18(21-17)11-15-9-7-6-8-14(15)4/h6-9,12-13H,5,10-11H2,1-4H3,(H,19,20,21). The molecule has 0 fully saturated rings. The third-order valence-electron chi connectivity index (χ3n) is 3.41. The molecule has 3 nitrogen and oxygen atoms in total. The zero-order chi connectivity index (χ0) is 15.2. The van der Waals surface area contributed by atoms with Crippen LogP contribution < -0.4 is 5.32 Å². The Labute approximate surface area is 127 Å². The fraction of sp³-hybridized carbons (Fsp3) is 0.444. The lowest BCUT2D eigenvalue weighted by molar-refractivity contribution is 0.631. The number of anilines is 1. The van der Waals surface area contributed by atoms with Crippen molar-refractivity contribution < 1.29 is 0 Å². The van der Waals surface area contributed by atoms with Crippen LogP contribution in [-0.4, -0.2) is 16.5 Å². The van der Waals surface area contributed by atoms with Gasteiger partial charge in [-0.15, -0.1) is 0 Å². The first kappa shape index (κ1) is 15.5. The number of aromatic nitrogens is 2. The number of aryl methyl sites for hydroxylation is 1. The highest BCUT2D eigenvalue weighted by atomic mass is 15.0. The van der Waals surface area contributed by atoms with E-state index in [1.165, 1.54) is 11.1 Å². The summed E-state index contributed by atoms with van der Waals surface area (Å²) >= 11 is 0. The van der Waals surface area contributed by atoms with Gasteiger partial charge in [-0.1, -0.05) is 38.1 Å². The van der Waals surface area contributed by atoms with Gasteiger partial charge in [0.1, 0.15) is 11.6 Å². The van der Waals surface area contributed by atoms with Gasteiger partial charge in [-0.25, -0.2) is 9.97 Å². The Morgan fingerprint density at radius 2 is 1.90 bits per heavy atom. The van der Waals surface area contributed by atoms with E-state index in [-0.39, 0.29) is 0 Å². The molecule has 0 amide bonds. The molecule has 0 aliphatic rings. The number of hydrogen-bond acceptors (Lipinski definition) is 3. The topological polar surface area (TPSA) is 37.8 Å². The minimum Gasteiger partial charge on any atom is -0.370 e. The average Bonchev–Trinajstić information content (AvgIpc) is 2.41. The minimum absolute atomic E-state index is 0.598. The summed E-state index contributed by atoms with van der Waals surface area (Å²) in [7, 11) is 0. The van der Waals surface area contributed by atoms with E-state index < -0.39 is 0 Å². The van der Waals surface area contributed by atoms with Crippen LogP contribution in [0.3, 0.4) is 0 Å². The monoisotopic (exact) mass is 283 g/mol. The average molecular weight is 283 g/mol. The van der Waals surface area contributed by atoms with Crippen LogP contribution in [0.1, 0.15) is 43.4 Å². The molecular weight excluding hydrogens is 258 g/mol. The molecule has 0 aliphatic carbocycles. The lowest BCUT2D eigenvalue weighted by Crippen LogP contribution is -2.08. The number of rotatable bonds is 6. The van der Waals surface area contributed by atoms with Crippen LogP contribution in [0, 0.1) is 12.8 Å². The molecule has 1 heterocycles. The Balaban J connectivity index is 2.29. The normalized spacial score (nSPS) is 10.9. The Morgan fingerprint density at radius 3 is 2.57 bits per heavy atom. The lowest BCUT2D eigenvalue weighted by atomic mass is 10.0. The summed E-state index contributed by atoms with van der Waals surface area (Å²) in [6.07, 6.45) is 1.78. The molecule has 0 radical (unpaired) electrons. The highest BCUT2D eigenvalue weighted by molar-refractivity contribution is 5.37. The fourth-order valence-electron chi connectivity index (χ4n) is 2.40. The third-order valence-corrected chi connectivity index (χ3v) is 3.41. The molecule has 21 heavy (non-hydrogen) atoms. The summed E-state index contributed by atoms with van der Waals surface area (Å²) in [6.45, 7) is 9.54. The highest BCUT2D eigenvalue weighted by Crippen LogP contribution is 2.15. The molecule has 0 aliphatic heterocycles. The van der Waals surface area contributed by atoms with Gasteiger partial charge in [0, 0.05) is 24.7 Å². The van der Waals surface area contributed by atoms with E-state index in [4.69, 9.17) is 4.98 Å². The Hall–Kier alpha value is -1.90. The third kappa shape index (κ3) is 4.55. The van der Waals surface area contributed by atoms with E-state index in [0.717, 1.165) is 36.7 Å². The van der Waals surface area contributed by atoms with Gasteiger partial charge in [0.05, 0.1) is 0 Å². The Morgan fingerprint density at radius 1 is 1.14 bits per heavy atom. The molecule has 2 aromatic rings. The summed E-state index contributed by atoms with van der Waals surface area (Å²) in [6, 6.07) is 10.5. The molecular formula is C18H25N3. The van der Waals surface area contributed by atoms with Crippen LogP contribution in [-0.2, 0) is 12.8 Å². The first-order valence-electron chi connectivity index (χ1n) is 7.73. The van der Waals surface area contributed by atoms with Gasteiger partial charge in [0.25, 0.3) is 0 Å². The molecule has 0 bridgehead atoms. The predicted octanol–water partition coefficient (Wildman–Crippen LogP) is 4.01. The van der Waals surface area contributed by atoms with Crippen molar-refractivity contribution in [2.75, 3.05) is 11.9 Å². The predicted molar refractivity (Wildman–Crippen MR) is 88.7 cm³/mol. The minimum atomic E-state index is 0.598. The van der Waals surface area contributed by atoms with E-state index in [0.29, 0.717) is 5.92 Å². The largest absolute Gasteiger partial charge is 0.370 e. The molecule has 0 saturated carbocycles. The van der Waals surface area contributed by atoms with Gasteiger partial charge in [-0.05, 0) is 37.3 Å². The van der Waals surface area contributed by atoms with Crippen LogP contribution in [0.2, 0.25) is 0 Å². The second-order valence-electron chi connectivity index (χ2n) is 5.89. The maximum absolute atomic E-state index is 4.74. The van der Waals surface area contributed by atoms with Crippen molar-refractivity contribution in [1.29, 1.82) is 0 Å². The summed E-state index contributed by atoms with van der Waals surface area (Å²) < 4.78 is 0. The Kier molecular flexibility index (Phi) is 5.32. The van der Waals surface area contributed by atoms with Crippen molar-refractivity contribution in [3.63, 3.8) is 0 Å². The zero-order valence-electron chi connectivity index (χ0n) is 13.5. The highest BCUT2D eigenvalue weighted by Gasteiger charge is 2.08. The van der Waals surface area contributed by atoms with Gasteiger partial charge in [0.2, 0.25) is 0 Å². The lowest BCUT2D eigenvalue weighted by Gasteiger charge is -2.11. The summed E-state index contributed by atoms with van der Waals surface area (Å²) in [5, 5.41) is 3.31. The van der Waals surface area contributed by atoms with Crippen LogP contribution in [0.25, 0.3) is 0 Å². The maximum atomic E-state index is 4.74. The van der Waals surface area contributed by atoms with E-state index in [2.05, 4.69) is 68.3 Å². The van der Waals surface area contributed by atoms with Gasteiger partial charge < -0.3 is 5.32 Å². The van der Waals surface area contributed by atoms with Crippen molar-refractivity contribution >= 4 is 5.82 Å². The van der Waals surface area contributed by atoms with E-state index >= 15 is 0 Å². The van der Waals surface area contributed by atoms with Gasteiger partial charge in [-0.3, -0.25) is 0 Å². The molecule has 0 unspecified atom stereocenters. The number of nitrogens with one attached hydrogen (secondary N) is 1. The second kappa shape index (κ2) is 7.21. The van der Waals surface area contributed by atoms with Crippen LogP contribution >= 0.6 is 0 Å². The molecule has 0 spiro atoms. The molecule has 3 heteroatoms. The van der Waals surface area contributed by atoms with Crippen LogP contribution in [0.15, 0.2) is 30.3 Å². The number of nitrogens with zero attached hydrogens (tertiary/aromatic N) is 2. The molecule has 2 rings (SSSR count). The smallest absolute Gasteiger partial charge is 0.135 e. The van der Waals surface area contributed by atoms with Crippen molar-refractivity contribution in [2.24, 2.45) is 5.92 Å². The number of benzene rings is 1. The molecule has 1 N–H and O–H groups in total. The first-order chi connectivity index (χ1) is 10.1. The fourth-order valence-corrected chi connectivity index (χ4v) is 2.40. The molecule has 0 saturated heterocycles. The zero-order valence-corrected chi connectivity index (χ0v) is 13.5. The maximum Gasteiger partial charge on any atom is 0.135 e. The van der Waals surface area contributed by atoms with Crippen molar-refractivity contribution in [2.45, 2.75) is 40.5 Å². The second-order valence-corrected chi connectivity index (χ2v) is 5.89. The summed E-state index contributed by atoms with van der Waals surface area (Å²) in [5.74, 6) is 2.44. The van der Waals surface area contributed by atoms with E-state index in [9.17, 15) is 0 Å². The van der Waals surface area contributed by atoms with Crippen LogP contribution in [0.4, 0.5) is 5.82 Å². The molecule has 1 aromatic carbocycles. The number of hydrogen-bond donors (Lipinski definition) is 1. The van der Waals surface area contributed by atoms with Crippen molar-refractivity contribution in [3.05, 3.63) is 53.0 Å². The molecule has 1 aromatic heterocycles. The SMILES string of the molecule is CCNc1cc(CC(C)C)nc(Cc2ccccc2C)n1. The summed E-state index contributed by atoms with van der Waals surface area (Å²) in [4.78, 5) is 9.39. The molecule has 0 atom stereocenters. The van der Waals surface area contributed by atoms with Gasteiger partial charge in [0.15, 0.2) is 0 Å². The van der Waals surface area contributed by atoms with Gasteiger partial charge >= 0.3 is 0 Å².